The third kappa shape index (κ3) is 4.49. The van der Waals surface area contributed by atoms with Gasteiger partial charge in [0, 0.05) is 30.1 Å². The van der Waals surface area contributed by atoms with Crippen LogP contribution in [0.15, 0.2) is 47.8 Å². The molecule has 1 saturated heterocycles. The number of rotatable bonds is 5. The van der Waals surface area contributed by atoms with Gasteiger partial charge < -0.3 is 9.64 Å². The van der Waals surface area contributed by atoms with Crippen LogP contribution in [0.2, 0.25) is 0 Å². The lowest BCUT2D eigenvalue weighted by atomic mass is 10.1. The number of aromatic nitrogens is 1. The molecule has 3 aromatic rings. The van der Waals surface area contributed by atoms with Gasteiger partial charge in [-0.15, -0.1) is 11.3 Å². The van der Waals surface area contributed by atoms with Crippen molar-refractivity contribution in [1.82, 2.24) is 4.98 Å². The number of hydrogen-bond acceptors (Lipinski definition) is 6. The Hall–Kier alpha value is -3.10. The van der Waals surface area contributed by atoms with Gasteiger partial charge in [-0.3, -0.25) is 10.1 Å². The van der Waals surface area contributed by atoms with E-state index in [4.69, 9.17) is 4.74 Å². The van der Waals surface area contributed by atoms with Crippen LogP contribution >= 0.6 is 11.3 Å². The molecule has 1 aliphatic heterocycles. The van der Waals surface area contributed by atoms with Gasteiger partial charge in [0.2, 0.25) is 0 Å². The molecule has 0 spiro atoms. The van der Waals surface area contributed by atoms with Gasteiger partial charge in [-0.1, -0.05) is 12.1 Å². The molecule has 6 nitrogen and oxygen atoms in total. The van der Waals surface area contributed by atoms with Gasteiger partial charge >= 0.3 is 0 Å². The van der Waals surface area contributed by atoms with Crippen molar-refractivity contribution in [2.24, 2.45) is 0 Å². The van der Waals surface area contributed by atoms with Gasteiger partial charge in [0.1, 0.15) is 16.5 Å². The van der Waals surface area contributed by atoms with Crippen molar-refractivity contribution in [3.05, 3.63) is 74.3 Å². The van der Waals surface area contributed by atoms with E-state index in [2.05, 4.69) is 4.98 Å². The first-order valence-corrected chi connectivity index (χ1v) is 9.99. The molecule has 0 unspecified atom stereocenters. The average Bonchev–Trinajstić information content (AvgIpc) is 3.22. The molecule has 148 valence electrons. The number of ether oxygens (including phenoxy) is 1. The fourth-order valence-electron chi connectivity index (χ4n) is 3.15. The van der Waals surface area contributed by atoms with E-state index < -0.39 is 0 Å². The summed E-state index contributed by atoms with van der Waals surface area (Å²) in [5.74, 6) is -0.286. The molecule has 1 fully saturated rings. The predicted molar refractivity (Wildman–Crippen MR) is 113 cm³/mol. The first kappa shape index (κ1) is 19.2. The highest BCUT2D eigenvalue weighted by atomic mass is 32.1. The summed E-state index contributed by atoms with van der Waals surface area (Å²) in [7, 11) is 0. The summed E-state index contributed by atoms with van der Waals surface area (Å²) in [5, 5.41) is 14.2. The maximum atomic E-state index is 13.1. The molecule has 0 saturated carbocycles. The van der Waals surface area contributed by atoms with Crippen LogP contribution in [0.3, 0.4) is 0 Å². The molecular formula is C21H18FN3O3S. The number of benzene rings is 2. The molecule has 0 aliphatic carbocycles. The minimum atomic E-state index is -0.349. The molecule has 0 radical (unpaired) electrons. The Balaban J connectivity index is 1.54. The van der Waals surface area contributed by atoms with Crippen molar-refractivity contribution in [1.29, 1.82) is 0 Å². The van der Waals surface area contributed by atoms with Crippen LogP contribution in [0.25, 0.3) is 23.4 Å². The lowest BCUT2D eigenvalue weighted by molar-refractivity contribution is -0.384. The number of anilines is 1. The second-order valence-corrected chi connectivity index (χ2v) is 7.41. The standard InChI is InChI=1S/C21H18FN3O3S/c22-17-5-3-16(4-6-17)18-14-29-21(23-18)8-2-15-1-7-19(20(13-15)25(26)27)24-9-11-28-12-10-24/h1-8,13-14H,9-12H2. The van der Waals surface area contributed by atoms with Crippen molar-refractivity contribution in [2.45, 2.75) is 0 Å². The van der Waals surface area contributed by atoms with Crippen molar-refractivity contribution in [3.63, 3.8) is 0 Å². The van der Waals surface area contributed by atoms with E-state index in [9.17, 15) is 14.5 Å². The number of halogens is 1. The lowest BCUT2D eigenvalue weighted by Gasteiger charge is -2.28. The molecular weight excluding hydrogens is 393 g/mol. The molecule has 8 heteroatoms. The second kappa shape index (κ2) is 8.50. The quantitative estimate of drug-likeness (QED) is 0.443. The van der Waals surface area contributed by atoms with E-state index in [1.54, 1.807) is 24.3 Å². The molecule has 4 rings (SSSR count). The molecule has 2 aromatic carbocycles. The van der Waals surface area contributed by atoms with Crippen LogP contribution < -0.4 is 4.90 Å². The zero-order chi connectivity index (χ0) is 20.2. The smallest absolute Gasteiger partial charge is 0.293 e. The van der Waals surface area contributed by atoms with E-state index in [-0.39, 0.29) is 16.4 Å². The summed E-state index contributed by atoms with van der Waals surface area (Å²) in [4.78, 5) is 17.7. The number of nitro groups is 1. The number of thiazole rings is 1. The van der Waals surface area contributed by atoms with E-state index in [0.717, 1.165) is 21.8 Å². The third-order valence-electron chi connectivity index (χ3n) is 4.63. The number of hydrogen-bond donors (Lipinski definition) is 0. The molecule has 1 aliphatic rings. The summed E-state index contributed by atoms with van der Waals surface area (Å²) in [6.45, 7) is 2.42. The Kier molecular flexibility index (Phi) is 5.64. The van der Waals surface area contributed by atoms with Crippen LogP contribution in [0, 0.1) is 15.9 Å². The first-order chi connectivity index (χ1) is 14.1. The largest absolute Gasteiger partial charge is 0.378 e. The molecule has 2 heterocycles. The van der Waals surface area contributed by atoms with Gasteiger partial charge in [-0.25, -0.2) is 9.37 Å². The molecule has 0 atom stereocenters. The molecule has 0 bridgehead atoms. The Labute approximate surface area is 171 Å². The highest BCUT2D eigenvalue weighted by Crippen LogP contribution is 2.31. The SMILES string of the molecule is O=[N+]([O-])c1cc(C=Cc2nc(-c3ccc(F)cc3)cs2)ccc1N1CCOCC1. The first-order valence-electron chi connectivity index (χ1n) is 9.11. The monoisotopic (exact) mass is 411 g/mol. The Morgan fingerprint density at radius 1 is 1.14 bits per heavy atom. The van der Waals surface area contributed by atoms with Crippen LogP contribution in [0.4, 0.5) is 15.8 Å². The van der Waals surface area contributed by atoms with Crippen LogP contribution in [0.1, 0.15) is 10.6 Å². The van der Waals surface area contributed by atoms with Crippen molar-refractivity contribution in [3.8, 4) is 11.3 Å². The van der Waals surface area contributed by atoms with Gasteiger partial charge in [-0.05, 0) is 42.0 Å². The van der Waals surface area contributed by atoms with E-state index in [1.807, 2.05) is 28.5 Å². The Bertz CT molecular complexity index is 1040. The average molecular weight is 411 g/mol. The topological polar surface area (TPSA) is 68.5 Å². The predicted octanol–water partition coefficient (Wildman–Crippen LogP) is 4.86. The van der Waals surface area contributed by atoms with Crippen molar-refractivity contribution < 1.29 is 14.1 Å². The molecule has 1 aromatic heterocycles. The van der Waals surface area contributed by atoms with Crippen molar-refractivity contribution >= 4 is 34.9 Å². The summed E-state index contributed by atoms with van der Waals surface area (Å²) in [6, 6.07) is 11.4. The van der Waals surface area contributed by atoms with Crippen molar-refractivity contribution in [2.75, 3.05) is 31.2 Å². The maximum Gasteiger partial charge on any atom is 0.293 e. The van der Waals surface area contributed by atoms with E-state index in [1.165, 1.54) is 23.5 Å². The Morgan fingerprint density at radius 3 is 2.62 bits per heavy atom. The Morgan fingerprint density at radius 2 is 1.90 bits per heavy atom. The fraction of sp³-hybridized carbons (Fsp3) is 0.190. The normalized spacial score (nSPS) is 14.4. The van der Waals surface area contributed by atoms with Crippen LogP contribution in [-0.2, 0) is 4.74 Å². The number of nitrogens with zero attached hydrogens (tertiary/aromatic N) is 3. The number of nitro benzene ring substituents is 1. The van der Waals surface area contributed by atoms with E-state index in [0.29, 0.717) is 32.0 Å². The van der Waals surface area contributed by atoms with Gasteiger partial charge in [0.05, 0.1) is 23.8 Å². The maximum absolute atomic E-state index is 13.1. The van der Waals surface area contributed by atoms with Gasteiger partial charge in [-0.2, -0.15) is 0 Å². The lowest BCUT2D eigenvalue weighted by Crippen LogP contribution is -2.36. The summed E-state index contributed by atoms with van der Waals surface area (Å²) in [6.07, 6.45) is 3.63. The molecule has 29 heavy (non-hydrogen) atoms. The fourth-order valence-corrected chi connectivity index (χ4v) is 3.87. The molecule has 0 amide bonds. The zero-order valence-corrected chi connectivity index (χ0v) is 16.3. The summed E-state index contributed by atoms with van der Waals surface area (Å²) in [5.41, 5.74) is 3.03. The third-order valence-corrected chi connectivity index (χ3v) is 5.44. The van der Waals surface area contributed by atoms with Gasteiger partial charge in [0.25, 0.3) is 5.69 Å². The minimum Gasteiger partial charge on any atom is -0.378 e. The zero-order valence-electron chi connectivity index (χ0n) is 15.5. The van der Waals surface area contributed by atoms with E-state index >= 15 is 0 Å². The summed E-state index contributed by atoms with van der Waals surface area (Å²) < 4.78 is 18.4. The highest BCUT2D eigenvalue weighted by molar-refractivity contribution is 7.10. The van der Waals surface area contributed by atoms with Crippen LogP contribution in [-0.4, -0.2) is 36.2 Å². The van der Waals surface area contributed by atoms with Gasteiger partial charge in [0.15, 0.2) is 0 Å². The number of morpholine rings is 1. The van der Waals surface area contributed by atoms with Crippen LogP contribution in [0.5, 0.6) is 0 Å². The highest BCUT2D eigenvalue weighted by Gasteiger charge is 2.21. The second-order valence-electron chi connectivity index (χ2n) is 6.52. The minimum absolute atomic E-state index is 0.0835. The molecule has 0 N–H and O–H groups in total. The summed E-state index contributed by atoms with van der Waals surface area (Å²) >= 11 is 1.46.